The maximum Gasteiger partial charge on any atom is 0.155 e. The minimum Gasteiger partial charge on any atom is -0.369 e. The molecule has 1 aliphatic carbocycles. The molecule has 0 aromatic carbocycles. The van der Waals surface area contributed by atoms with E-state index in [4.69, 9.17) is 9.47 Å². The van der Waals surface area contributed by atoms with Gasteiger partial charge in [0.15, 0.2) is 6.29 Å². The Kier molecular flexibility index (Phi) is 1.04. The zero-order valence-corrected chi connectivity index (χ0v) is 6.43. The molecule has 1 saturated carbocycles. The van der Waals surface area contributed by atoms with E-state index in [-0.39, 0.29) is 6.10 Å². The number of ether oxygens (including phenoxy) is 2. The fraction of sp³-hybridized carbons (Fsp3) is 1.00. The third kappa shape index (κ3) is 0.687. The maximum absolute atomic E-state index is 9.21. The quantitative estimate of drug-likeness (QED) is 0.507. The number of aliphatic hydroxyl groups excluding tert-OH is 1. The Hall–Kier alpha value is -0.120. The van der Waals surface area contributed by atoms with E-state index < -0.39 is 6.29 Å². The van der Waals surface area contributed by atoms with Crippen LogP contribution in [0.25, 0.3) is 0 Å². The van der Waals surface area contributed by atoms with Crippen LogP contribution in [0.4, 0.5) is 0 Å². The molecule has 2 heterocycles. The molecule has 0 bridgehead atoms. The van der Waals surface area contributed by atoms with Gasteiger partial charge in [0.05, 0.1) is 18.3 Å². The van der Waals surface area contributed by atoms with Crippen LogP contribution >= 0.6 is 0 Å². The van der Waals surface area contributed by atoms with Crippen LogP contribution in [0.5, 0.6) is 0 Å². The summed E-state index contributed by atoms with van der Waals surface area (Å²) >= 11 is 0. The number of aliphatic hydroxyl groups is 1. The van der Waals surface area contributed by atoms with Crippen molar-refractivity contribution in [2.24, 2.45) is 11.8 Å². The fourth-order valence-electron chi connectivity index (χ4n) is 2.63. The molecule has 3 fully saturated rings. The van der Waals surface area contributed by atoms with Crippen molar-refractivity contribution in [2.75, 3.05) is 0 Å². The number of rotatable bonds is 0. The Morgan fingerprint density at radius 3 is 2.73 bits per heavy atom. The Labute approximate surface area is 65.3 Å². The minimum absolute atomic E-state index is 0.272. The summed E-state index contributed by atoms with van der Waals surface area (Å²) in [5.41, 5.74) is 0. The monoisotopic (exact) mass is 156 g/mol. The van der Waals surface area contributed by atoms with Crippen LogP contribution < -0.4 is 0 Å². The normalized spacial score (nSPS) is 66.0. The van der Waals surface area contributed by atoms with Crippen LogP contribution in [-0.4, -0.2) is 29.7 Å². The van der Waals surface area contributed by atoms with Crippen molar-refractivity contribution in [3.63, 3.8) is 0 Å². The van der Waals surface area contributed by atoms with Crippen molar-refractivity contribution in [3.8, 4) is 0 Å². The highest BCUT2D eigenvalue weighted by Crippen LogP contribution is 2.53. The van der Waals surface area contributed by atoms with E-state index in [1.807, 2.05) is 0 Å². The van der Waals surface area contributed by atoms with Crippen LogP contribution in [0.15, 0.2) is 0 Å². The Morgan fingerprint density at radius 2 is 2.00 bits per heavy atom. The fourth-order valence-corrected chi connectivity index (χ4v) is 2.63. The molecule has 0 amide bonds. The van der Waals surface area contributed by atoms with Gasteiger partial charge in [-0.3, -0.25) is 0 Å². The van der Waals surface area contributed by atoms with Crippen molar-refractivity contribution in [2.45, 2.75) is 37.9 Å². The van der Waals surface area contributed by atoms with Gasteiger partial charge >= 0.3 is 0 Å². The highest BCUT2D eigenvalue weighted by atomic mass is 16.6. The summed E-state index contributed by atoms with van der Waals surface area (Å²) in [6, 6.07) is 0. The number of hydrogen-bond acceptors (Lipinski definition) is 3. The Bertz CT molecular complexity index is 188. The molecule has 11 heavy (non-hydrogen) atoms. The molecule has 3 heteroatoms. The van der Waals surface area contributed by atoms with Gasteiger partial charge in [0.25, 0.3) is 0 Å². The second kappa shape index (κ2) is 1.79. The van der Waals surface area contributed by atoms with Crippen LogP contribution in [0.3, 0.4) is 0 Å². The summed E-state index contributed by atoms with van der Waals surface area (Å²) < 4.78 is 10.8. The maximum atomic E-state index is 9.21. The molecule has 3 rings (SSSR count). The largest absolute Gasteiger partial charge is 0.369 e. The third-order valence-corrected chi connectivity index (χ3v) is 3.23. The molecule has 3 aliphatic rings. The topological polar surface area (TPSA) is 42.0 Å². The van der Waals surface area contributed by atoms with Gasteiger partial charge in [-0.2, -0.15) is 0 Å². The van der Waals surface area contributed by atoms with Gasteiger partial charge in [-0.25, -0.2) is 0 Å². The highest BCUT2D eigenvalue weighted by Gasteiger charge is 2.63. The van der Waals surface area contributed by atoms with Gasteiger partial charge in [0, 0.05) is 18.3 Å². The van der Waals surface area contributed by atoms with E-state index in [9.17, 15) is 5.11 Å². The summed E-state index contributed by atoms with van der Waals surface area (Å²) in [4.78, 5) is 0. The zero-order chi connectivity index (χ0) is 7.59. The van der Waals surface area contributed by atoms with Gasteiger partial charge in [-0.05, 0) is 0 Å². The lowest BCUT2D eigenvalue weighted by atomic mass is 10.0. The summed E-state index contributed by atoms with van der Waals surface area (Å²) in [7, 11) is 0. The van der Waals surface area contributed by atoms with Crippen molar-refractivity contribution < 1.29 is 14.6 Å². The Morgan fingerprint density at radius 1 is 1.18 bits per heavy atom. The molecule has 0 aromatic rings. The molecule has 0 radical (unpaired) electrons. The Balaban J connectivity index is 1.86. The minimum atomic E-state index is -0.530. The molecule has 6 unspecified atom stereocenters. The molecule has 6 atom stereocenters. The van der Waals surface area contributed by atoms with Crippen molar-refractivity contribution in [1.82, 2.24) is 0 Å². The van der Waals surface area contributed by atoms with E-state index in [0.29, 0.717) is 24.0 Å². The summed E-state index contributed by atoms with van der Waals surface area (Å²) in [5, 5.41) is 9.21. The lowest BCUT2D eigenvalue weighted by molar-refractivity contribution is -0.107. The summed E-state index contributed by atoms with van der Waals surface area (Å²) in [6.07, 6.45) is 1.37. The van der Waals surface area contributed by atoms with Crippen molar-refractivity contribution in [3.05, 3.63) is 0 Å². The van der Waals surface area contributed by atoms with E-state index >= 15 is 0 Å². The predicted molar refractivity (Wildman–Crippen MR) is 36.8 cm³/mol. The average Bonchev–Trinajstić information content (AvgIpc) is 2.60. The molecule has 2 saturated heterocycles. The standard InChI is InChI=1S/C8H12O3/c1-3-6-4(2-5(9)10-6)8-7(3)11-8/h3-9H,2H2,1H3. The second-order valence-electron chi connectivity index (χ2n) is 3.88. The SMILES string of the molecule is CC1C2OC(O)CC2C2OC12. The van der Waals surface area contributed by atoms with Gasteiger partial charge in [-0.1, -0.05) is 6.92 Å². The lowest BCUT2D eigenvalue weighted by Gasteiger charge is -2.16. The van der Waals surface area contributed by atoms with Crippen LogP contribution in [0, 0.1) is 11.8 Å². The first-order valence-electron chi connectivity index (χ1n) is 4.26. The number of fused-ring (bicyclic) bond motifs is 3. The van der Waals surface area contributed by atoms with E-state index in [0.717, 1.165) is 6.42 Å². The summed E-state index contributed by atoms with van der Waals surface area (Å²) in [6.45, 7) is 2.15. The third-order valence-electron chi connectivity index (χ3n) is 3.23. The first kappa shape index (κ1) is 6.40. The van der Waals surface area contributed by atoms with Crippen LogP contribution in [-0.2, 0) is 9.47 Å². The molecular weight excluding hydrogens is 144 g/mol. The first-order chi connectivity index (χ1) is 5.27. The van der Waals surface area contributed by atoms with Gasteiger partial charge in [0.1, 0.15) is 0 Å². The van der Waals surface area contributed by atoms with Gasteiger partial charge < -0.3 is 14.6 Å². The molecule has 0 aromatic heterocycles. The number of hydrogen-bond donors (Lipinski definition) is 1. The highest BCUT2D eigenvalue weighted by molar-refractivity contribution is 5.09. The van der Waals surface area contributed by atoms with Crippen molar-refractivity contribution in [1.29, 1.82) is 0 Å². The number of epoxide rings is 1. The van der Waals surface area contributed by atoms with E-state index in [1.165, 1.54) is 0 Å². The zero-order valence-electron chi connectivity index (χ0n) is 6.43. The van der Waals surface area contributed by atoms with Crippen LogP contribution in [0.2, 0.25) is 0 Å². The van der Waals surface area contributed by atoms with Crippen molar-refractivity contribution >= 4 is 0 Å². The summed E-state index contributed by atoms with van der Waals surface area (Å²) in [5.74, 6) is 0.965. The van der Waals surface area contributed by atoms with Gasteiger partial charge in [-0.15, -0.1) is 0 Å². The van der Waals surface area contributed by atoms with Crippen LogP contribution in [0.1, 0.15) is 13.3 Å². The molecule has 2 aliphatic heterocycles. The molecule has 1 N–H and O–H groups in total. The second-order valence-corrected chi connectivity index (χ2v) is 3.88. The molecule has 0 spiro atoms. The first-order valence-corrected chi connectivity index (χ1v) is 4.26. The smallest absolute Gasteiger partial charge is 0.155 e. The molecular formula is C8H12O3. The van der Waals surface area contributed by atoms with E-state index in [2.05, 4.69) is 6.92 Å². The molecule has 62 valence electrons. The van der Waals surface area contributed by atoms with E-state index in [1.54, 1.807) is 0 Å². The van der Waals surface area contributed by atoms with Gasteiger partial charge in [0.2, 0.25) is 0 Å². The predicted octanol–water partition coefficient (Wildman–Crippen LogP) is 0.127. The lowest BCUT2D eigenvalue weighted by Crippen LogP contribution is -2.22. The average molecular weight is 156 g/mol. The molecule has 3 nitrogen and oxygen atoms in total.